The highest BCUT2D eigenvalue weighted by molar-refractivity contribution is 5.94. The van der Waals surface area contributed by atoms with Crippen LogP contribution in [-0.2, 0) is 11.2 Å². The molecule has 0 atom stereocenters. The molecule has 2 N–H and O–H groups in total. The van der Waals surface area contributed by atoms with Crippen molar-refractivity contribution in [1.82, 2.24) is 10.6 Å². The van der Waals surface area contributed by atoms with Crippen LogP contribution in [0.25, 0.3) is 0 Å². The number of aryl methyl sites for hydroxylation is 1. The Balaban J connectivity index is 1.68. The Morgan fingerprint density at radius 1 is 1.04 bits per heavy atom. The summed E-state index contributed by atoms with van der Waals surface area (Å²) < 4.78 is 18.6. The minimum atomic E-state index is -0.467. The summed E-state index contributed by atoms with van der Waals surface area (Å²) >= 11 is 0. The van der Waals surface area contributed by atoms with Gasteiger partial charge in [-0.1, -0.05) is 31.2 Å². The molecule has 0 radical (unpaired) electrons. The molecular weight excluding hydrogens is 323 g/mol. The van der Waals surface area contributed by atoms with Gasteiger partial charge in [-0.2, -0.15) is 0 Å². The molecule has 6 heteroatoms. The molecule has 0 aliphatic carbocycles. The van der Waals surface area contributed by atoms with E-state index in [2.05, 4.69) is 10.6 Å². The molecule has 0 heterocycles. The lowest BCUT2D eigenvalue weighted by Gasteiger charge is -2.11. The SMILES string of the molecule is CCc1ccccc1OCC(=O)NCCNC(=O)c1cccc(F)c1. The van der Waals surface area contributed by atoms with Crippen molar-refractivity contribution in [2.24, 2.45) is 0 Å². The maximum atomic E-state index is 13.0. The molecule has 0 aliphatic heterocycles. The van der Waals surface area contributed by atoms with Crippen LogP contribution < -0.4 is 15.4 Å². The van der Waals surface area contributed by atoms with Crippen LogP contribution in [0.3, 0.4) is 0 Å². The van der Waals surface area contributed by atoms with Gasteiger partial charge in [-0.05, 0) is 36.2 Å². The lowest BCUT2D eigenvalue weighted by atomic mass is 10.1. The molecule has 2 aromatic rings. The van der Waals surface area contributed by atoms with Crippen molar-refractivity contribution in [3.05, 3.63) is 65.5 Å². The Labute approximate surface area is 146 Å². The first-order valence-corrected chi connectivity index (χ1v) is 8.11. The molecule has 132 valence electrons. The smallest absolute Gasteiger partial charge is 0.258 e. The van der Waals surface area contributed by atoms with Crippen molar-refractivity contribution in [3.63, 3.8) is 0 Å². The fraction of sp³-hybridized carbons (Fsp3) is 0.263. The fourth-order valence-electron chi connectivity index (χ4n) is 2.24. The van der Waals surface area contributed by atoms with Gasteiger partial charge in [0.15, 0.2) is 6.61 Å². The molecule has 0 aliphatic rings. The number of hydrogen-bond acceptors (Lipinski definition) is 3. The minimum absolute atomic E-state index is 0.0884. The van der Waals surface area contributed by atoms with E-state index in [0.29, 0.717) is 5.75 Å². The molecule has 0 unspecified atom stereocenters. The summed E-state index contributed by atoms with van der Waals surface area (Å²) in [6.07, 6.45) is 0.823. The number of para-hydroxylation sites is 1. The van der Waals surface area contributed by atoms with Crippen LogP contribution in [0.2, 0.25) is 0 Å². The largest absolute Gasteiger partial charge is 0.483 e. The zero-order chi connectivity index (χ0) is 18.1. The molecule has 5 nitrogen and oxygen atoms in total. The Morgan fingerprint density at radius 3 is 2.56 bits per heavy atom. The van der Waals surface area contributed by atoms with Crippen LogP contribution in [-0.4, -0.2) is 31.5 Å². The van der Waals surface area contributed by atoms with Gasteiger partial charge in [0.25, 0.3) is 11.8 Å². The monoisotopic (exact) mass is 344 g/mol. The second-order valence-electron chi connectivity index (χ2n) is 5.37. The van der Waals surface area contributed by atoms with Crippen molar-refractivity contribution in [2.45, 2.75) is 13.3 Å². The lowest BCUT2D eigenvalue weighted by molar-refractivity contribution is -0.123. The van der Waals surface area contributed by atoms with Gasteiger partial charge < -0.3 is 15.4 Å². The van der Waals surface area contributed by atoms with Gasteiger partial charge in [0, 0.05) is 18.7 Å². The number of hydrogen-bond donors (Lipinski definition) is 2. The molecule has 0 bridgehead atoms. The van der Waals surface area contributed by atoms with Crippen molar-refractivity contribution in [1.29, 1.82) is 0 Å². The average molecular weight is 344 g/mol. The number of ether oxygens (including phenoxy) is 1. The molecule has 0 spiro atoms. The molecule has 0 saturated carbocycles. The number of carbonyl (C=O) groups excluding carboxylic acids is 2. The summed E-state index contributed by atoms with van der Waals surface area (Å²) in [6.45, 7) is 2.43. The number of nitrogens with one attached hydrogen (secondary N) is 2. The van der Waals surface area contributed by atoms with E-state index >= 15 is 0 Å². The molecular formula is C19H21FN2O3. The van der Waals surface area contributed by atoms with Crippen LogP contribution in [0.4, 0.5) is 4.39 Å². The fourth-order valence-corrected chi connectivity index (χ4v) is 2.24. The molecule has 25 heavy (non-hydrogen) atoms. The number of benzene rings is 2. The molecule has 2 amide bonds. The average Bonchev–Trinajstić information content (AvgIpc) is 2.63. The minimum Gasteiger partial charge on any atom is -0.483 e. The molecule has 2 rings (SSSR count). The summed E-state index contributed by atoms with van der Waals surface area (Å²) in [7, 11) is 0. The zero-order valence-electron chi connectivity index (χ0n) is 14.0. The van der Waals surface area contributed by atoms with Crippen LogP contribution >= 0.6 is 0 Å². The van der Waals surface area contributed by atoms with Crippen LogP contribution in [0.1, 0.15) is 22.8 Å². The van der Waals surface area contributed by atoms with Crippen molar-refractivity contribution < 1.29 is 18.7 Å². The van der Waals surface area contributed by atoms with Gasteiger partial charge >= 0.3 is 0 Å². The normalized spacial score (nSPS) is 10.2. The third kappa shape index (κ3) is 5.91. The van der Waals surface area contributed by atoms with Crippen molar-refractivity contribution >= 4 is 11.8 Å². The van der Waals surface area contributed by atoms with Crippen molar-refractivity contribution in [3.8, 4) is 5.75 Å². The highest BCUT2D eigenvalue weighted by Gasteiger charge is 2.07. The van der Waals surface area contributed by atoms with E-state index in [1.807, 2.05) is 31.2 Å². The third-order valence-electron chi connectivity index (χ3n) is 3.53. The Hall–Kier alpha value is -2.89. The first-order chi connectivity index (χ1) is 12.1. The Morgan fingerprint density at radius 2 is 1.80 bits per heavy atom. The van der Waals surface area contributed by atoms with E-state index in [9.17, 15) is 14.0 Å². The Bertz CT molecular complexity index is 734. The number of rotatable bonds is 8. The zero-order valence-corrected chi connectivity index (χ0v) is 14.0. The molecule has 0 saturated heterocycles. The maximum Gasteiger partial charge on any atom is 0.258 e. The van der Waals surface area contributed by atoms with Gasteiger partial charge in [0.05, 0.1) is 0 Å². The Kier molecular flexibility index (Phi) is 6.95. The third-order valence-corrected chi connectivity index (χ3v) is 3.53. The summed E-state index contributed by atoms with van der Waals surface area (Å²) in [5.41, 5.74) is 1.28. The van der Waals surface area contributed by atoms with Gasteiger partial charge in [0.2, 0.25) is 0 Å². The van der Waals surface area contributed by atoms with E-state index in [-0.39, 0.29) is 37.1 Å². The number of carbonyl (C=O) groups is 2. The van der Waals surface area contributed by atoms with Gasteiger partial charge in [-0.15, -0.1) is 0 Å². The van der Waals surface area contributed by atoms with E-state index < -0.39 is 5.82 Å². The molecule has 0 aromatic heterocycles. The number of halogens is 1. The predicted molar refractivity (Wildman–Crippen MR) is 93.1 cm³/mol. The van der Waals surface area contributed by atoms with E-state index in [1.54, 1.807) is 0 Å². The molecule has 2 aromatic carbocycles. The summed E-state index contributed by atoms with van der Waals surface area (Å²) in [5.74, 6) is -0.433. The second kappa shape index (κ2) is 9.42. The van der Waals surface area contributed by atoms with Crippen LogP contribution in [0, 0.1) is 5.82 Å². The summed E-state index contributed by atoms with van der Waals surface area (Å²) in [6, 6.07) is 13.0. The quantitative estimate of drug-likeness (QED) is 0.722. The van der Waals surface area contributed by atoms with Gasteiger partial charge in [0.1, 0.15) is 11.6 Å². The summed E-state index contributed by atoms with van der Waals surface area (Å²) in [4.78, 5) is 23.6. The van der Waals surface area contributed by atoms with Gasteiger partial charge in [-0.25, -0.2) is 4.39 Å². The van der Waals surface area contributed by atoms with E-state index in [0.717, 1.165) is 18.1 Å². The maximum absolute atomic E-state index is 13.0. The number of amides is 2. The van der Waals surface area contributed by atoms with Crippen molar-refractivity contribution in [2.75, 3.05) is 19.7 Å². The topological polar surface area (TPSA) is 67.4 Å². The van der Waals surface area contributed by atoms with E-state index in [1.165, 1.54) is 18.2 Å². The first-order valence-electron chi connectivity index (χ1n) is 8.11. The lowest BCUT2D eigenvalue weighted by Crippen LogP contribution is -2.36. The molecule has 0 fully saturated rings. The summed E-state index contributed by atoms with van der Waals surface area (Å²) in [5, 5.41) is 5.27. The standard InChI is InChI=1S/C19H21FN2O3/c1-2-14-6-3-4-9-17(14)25-13-18(23)21-10-11-22-19(24)15-7-5-8-16(20)12-15/h3-9,12H,2,10-11,13H2,1H3,(H,21,23)(H,22,24). The highest BCUT2D eigenvalue weighted by atomic mass is 19.1. The first kappa shape index (κ1) is 18.4. The van der Waals surface area contributed by atoms with E-state index in [4.69, 9.17) is 4.74 Å². The predicted octanol–water partition coefficient (Wildman–Crippen LogP) is 2.31. The highest BCUT2D eigenvalue weighted by Crippen LogP contribution is 2.17. The van der Waals surface area contributed by atoms with Crippen LogP contribution in [0.5, 0.6) is 5.75 Å². The second-order valence-corrected chi connectivity index (χ2v) is 5.37. The van der Waals surface area contributed by atoms with Crippen LogP contribution in [0.15, 0.2) is 48.5 Å². The van der Waals surface area contributed by atoms with Gasteiger partial charge in [-0.3, -0.25) is 9.59 Å².